The topological polar surface area (TPSA) is 99.1 Å². The van der Waals surface area contributed by atoms with E-state index in [1.807, 2.05) is 0 Å². The van der Waals surface area contributed by atoms with Crippen molar-refractivity contribution >= 4 is 12.0 Å². The summed E-state index contributed by atoms with van der Waals surface area (Å²) >= 11 is 0. The number of carbonyl (C=O) groups is 2. The number of likely N-dealkylation sites (N-methyl/N-ethyl adjacent to an activating group) is 1. The number of carboxylic acid groups (broad SMARTS) is 1. The molecule has 0 aliphatic carbocycles. The number of ether oxygens (including phenoxy) is 1. The molecule has 1 aliphatic heterocycles. The third-order valence-corrected chi connectivity index (χ3v) is 2.88. The first-order valence-corrected chi connectivity index (χ1v) is 5.96. The van der Waals surface area contributed by atoms with Crippen LogP contribution in [0.5, 0.6) is 0 Å². The monoisotopic (exact) mass is 260 g/mol. The minimum Gasteiger partial charge on any atom is -0.480 e. The molecule has 1 heterocycles. The van der Waals surface area contributed by atoms with Crippen LogP contribution in [0.15, 0.2) is 0 Å². The average Bonchev–Trinajstić information content (AvgIpc) is 2.77. The van der Waals surface area contributed by atoms with E-state index in [4.69, 9.17) is 9.84 Å². The van der Waals surface area contributed by atoms with Crippen LogP contribution in [0.2, 0.25) is 0 Å². The molecule has 0 aromatic rings. The van der Waals surface area contributed by atoms with Crippen LogP contribution in [-0.4, -0.2) is 65.6 Å². The molecule has 2 amide bonds. The van der Waals surface area contributed by atoms with E-state index in [9.17, 15) is 14.7 Å². The second-order valence-corrected chi connectivity index (χ2v) is 4.52. The van der Waals surface area contributed by atoms with E-state index in [0.717, 1.165) is 12.8 Å². The summed E-state index contributed by atoms with van der Waals surface area (Å²) in [6.45, 7) is 2.43. The SMILES string of the molecule is C[C@@H](O)[C@H](NC(=O)N(C)CC1CCCO1)C(=O)O. The van der Waals surface area contributed by atoms with Crippen LogP contribution in [0.3, 0.4) is 0 Å². The van der Waals surface area contributed by atoms with Crippen LogP contribution in [0.25, 0.3) is 0 Å². The number of hydrogen-bond donors (Lipinski definition) is 3. The van der Waals surface area contributed by atoms with E-state index in [2.05, 4.69) is 5.32 Å². The smallest absolute Gasteiger partial charge is 0.328 e. The molecule has 1 fully saturated rings. The van der Waals surface area contributed by atoms with E-state index < -0.39 is 24.1 Å². The fourth-order valence-corrected chi connectivity index (χ4v) is 1.81. The molecule has 3 atom stereocenters. The van der Waals surface area contributed by atoms with Crippen molar-refractivity contribution in [3.05, 3.63) is 0 Å². The molecule has 0 radical (unpaired) electrons. The number of aliphatic carboxylic acids is 1. The van der Waals surface area contributed by atoms with E-state index in [1.165, 1.54) is 11.8 Å². The highest BCUT2D eigenvalue weighted by Crippen LogP contribution is 2.12. The van der Waals surface area contributed by atoms with Gasteiger partial charge >= 0.3 is 12.0 Å². The number of amides is 2. The molecule has 0 aromatic carbocycles. The molecule has 0 bridgehead atoms. The van der Waals surface area contributed by atoms with Gasteiger partial charge in [-0.15, -0.1) is 0 Å². The van der Waals surface area contributed by atoms with Crippen LogP contribution in [0.4, 0.5) is 4.79 Å². The summed E-state index contributed by atoms with van der Waals surface area (Å²) in [6.07, 6.45) is 0.736. The Bertz CT molecular complexity index is 302. The number of nitrogens with one attached hydrogen (secondary N) is 1. The van der Waals surface area contributed by atoms with Crippen molar-refractivity contribution < 1.29 is 24.5 Å². The minimum absolute atomic E-state index is 0.00979. The molecule has 1 rings (SSSR count). The third kappa shape index (κ3) is 4.15. The maximum absolute atomic E-state index is 11.7. The van der Waals surface area contributed by atoms with Crippen LogP contribution in [0.1, 0.15) is 19.8 Å². The molecule has 1 saturated heterocycles. The Morgan fingerprint density at radius 3 is 2.67 bits per heavy atom. The Labute approximate surface area is 106 Å². The Hall–Kier alpha value is -1.34. The van der Waals surface area contributed by atoms with Crippen molar-refractivity contribution in [2.75, 3.05) is 20.2 Å². The van der Waals surface area contributed by atoms with Gasteiger partial charge in [0.25, 0.3) is 0 Å². The van der Waals surface area contributed by atoms with E-state index in [1.54, 1.807) is 7.05 Å². The number of carboxylic acids is 1. The average molecular weight is 260 g/mol. The lowest BCUT2D eigenvalue weighted by Gasteiger charge is -2.24. The predicted octanol–water partition coefficient (Wildman–Crippen LogP) is -0.359. The normalized spacial score (nSPS) is 22.3. The highest BCUT2D eigenvalue weighted by Gasteiger charge is 2.27. The van der Waals surface area contributed by atoms with Gasteiger partial charge in [-0.3, -0.25) is 0 Å². The number of urea groups is 1. The largest absolute Gasteiger partial charge is 0.480 e. The lowest BCUT2D eigenvalue weighted by Crippen LogP contribution is -2.52. The van der Waals surface area contributed by atoms with Gasteiger partial charge in [-0.25, -0.2) is 9.59 Å². The first-order chi connectivity index (χ1) is 8.41. The lowest BCUT2D eigenvalue weighted by molar-refractivity contribution is -0.141. The Morgan fingerprint density at radius 2 is 2.22 bits per heavy atom. The van der Waals surface area contributed by atoms with Gasteiger partial charge < -0.3 is 25.2 Å². The summed E-state index contributed by atoms with van der Waals surface area (Å²) < 4.78 is 5.39. The molecule has 18 heavy (non-hydrogen) atoms. The van der Waals surface area contributed by atoms with Gasteiger partial charge in [0.1, 0.15) is 0 Å². The molecule has 1 aliphatic rings. The molecule has 0 spiro atoms. The number of rotatable bonds is 5. The number of hydrogen-bond acceptors (Lipinski definition) is 4. The zero-order valence-corrected chi connectivity index (χ0v) is 10.6. The molecule has 104 valence electrons. The number of nitrogens with zero attached hydrogens (tertiary/aromatic N) is 1. The van der Waals surface area contributed by atoms with Crippen molar-refractivity contribution in [1.29, 1.82) is 0 Å². The molecule has 1 unspecified atom stereocenters. The summed E-state index contributed by atoms with van der Waals surface area (Å²) in [4.78, 5) is 23.9. The minimum atomic E-state index is -1.30. The lowest BCUT2D eigenvalue weighted by atomic mass is 10.2. The fourth-order valence-electron chi connectivity index (χ4n) is 1.81. The first-order valence-electron chi connectivity index (χ1n) is 5.96. The van der Waals surface area contributed by atoms with E-state index in [-0.39, 0.29) is 6.10 Å². The summed E-state index contributed by atoms with van der Waals surface area (Å²) in [6, 6.07) is -1.83. The highest BCUT2D eigenvalue weighted by atomic mass is 16.5. The zero-order valence-electron chi connectivity index (χ0n) is 10.6. The standard InChI is InChI=1S/C11H20N2O5/c1-7(14)9(10(15)16)12-11(17)13(2)6-8-4-3-5-18-8/h7-9,14H,3-6H2,1-2H3,(H,12,17)(H,15,16)/t7-,8?,9+/m1/s1. The van der Waals surface area contributed by atoms with Crippen molar-refractivity contribution in [1.82, 2.24) is 10.2 Å². The fraction of sp³-hybridized carbons (Fsp3) is 0.818. The van der Waals surface area contributed by atoms with Gasteiger partial charge in [0.15, 0.2) is 6.04 Å². The highest BCUT2D eigenvalue weighted by molar-refractivity contribution is 5.82. The molecule has 7 heteroatoms. The van der Waals surface area contributed by atoms with E-state index in [0.29, 0.717) is 13.2 Å². The van der Waals surface area contributed by atoms with Gasteiger partial charge in [0, 0.05) is 20.2 Å². The Balaban J connectivity index is 2.44. The quantitative estimate of drug-likeness (QED) is 0.627. The maximum atomic E-state index is 11.7. The van der Waals surface area contributed by atoms with Crippen molar-refractivity contribution in [3.63, 3.8) is 0 Å². The Morgan fingerprint density at radius 1 is 1.56 bits per heavy atom. The van der Waals surface area contributed by atoms with Crippen LogP contribution in [0, 0.1) is 0 Å². The van der Waals surface area contributed by atoms with Gasteiger partial charge in [-0.05, 0) is 19.8 Å². The van der Waals surface area contributed by atoms with Crippen molar-refractivity contribution in [2.24, 2.45) is 0 Å². The van der Waals surface area contributed by atoms with Crippen molar-refractivity contribution in [3.8, 4) is 0 Å². The van der Waals surface area contributed by atoms with Crippen LogP contribution >= 0.6 is 0 Å². The van der Waals surface area contributed by atoms with Crippen molar-refractivity contribution in [2.45, 2.75) is 38.0 Å². The second-order valence-electron chi connectivity index (χ2n) is 4.52. The van der Waals surface area contributed by atoms with Gasteiger partial charge in [0.05, 0.1) is 12.2 Å². The predicted molar refractivity (Wildman–Crippen MR) is 63.2 cm³/mol. The summed E-state index contributed by atoms with van der Waals surface area (Å²) in [7, 11) is 1.57. The summed E-state index contributed by atoms with van der Waals surface area (Å²) in [5, 5.41) is 20.4. The maximum Gasteiger partial charge on any atom is 0.328 e. The molecular formula is C11H20N2O5. The first kappa shape index (κ1) is 14.7. The zero-order chi connectivity index (χ0) is 13.7. The number of aliphatic hydroxyl groups is 1. The summed E-state index contributed by atoms with van der Waals surface area (Å²) in [5.41, 5.74) is 0. The van der Waals surface area contributed by atoms with Crippen LogP contribution in [-0.2, 0) is 9.53 Å². The van der Waals surface area contributed by atoms with Crippen LogP contribution < -0.4 is 5.32 Å². The molecule has 7 nitrogen and oxygen atoms in total. The third-order valence-electron chi connectivity index (χ3n) is 2.88. The van der Waals surface area contributed by atoms with E-state index >= 15 is 0 Å². The molecular weight excluding hydrogens is 240 g/mol. The number of carbonyl (C=O) groups excluding carboxylic acids is 1. The molecule has 0 aromatic heterocycles. The Kier molecular flexibility index (Phi) is 5.36. The van der Waals surface area contributed by atoms with Gasteiger partial charge in [-0.2, -0.15) is 0 Å². The second kappa shape index (κ2) is 6.55. The summed E-state index contributed by atoms with van der Waals surface area (Å²) in [5.74, 6) is -1.26. The molecule has 0 saturated carbocycles. The number of aliphatic hydroxyl groups excluding tert-OH is 1. The van der Waals surface area contributed by atoms with Gasteiger partial charge in [0.2, 0.25) is 0 Å². The van der Waals surface area contributed by atoms with Gasteiger partial charge in [-0.1, -0.05) is 0 Å². The molecule has 3 N–H and O–H groups in total.